The second-order valence-corrected chi connectivity index (χ2v) is 5.42. The van der Waals surface area contributed by atoms with Crippen LogP contribution in [0.5, 0.6) is 0 Å². The van der Waals surface area contributed by atoms with E-state index in [0.717, 1.165) is 54.9 Å². The molecular weight excluding hydrogens is 304 g/mol. The van der Waals surface area contributed by atoms with E-state index in [-0.39, 0.29) is 0 Å². The van der Waals surface area contributed by atoms with E-state index in [1.807, 2.05) is 24.3 Å². The van der Waals surface area contributed by atoms with Crippen molar-refractivity contribution in [3.8, 4) is 0 Å². The molecule has 1 aromatic heterocycles. The number of likely N-dealkylation sites (N-methyl/N-ethyl adjacent to an activating group) is 1. The lowest BCUT2D eigenvalue weighted by molar-refractivity contribution is -0.124. The molecule has 0 aliphatic carbocycles. The van der Waals surface area contributed by atoms with Gasteiger partial charge < -0.3 is 9.88 Å². The topological polar surface area (TPSA) is 79.2 Å². The van der Waals surface area contributed by atoms with Crippen molar-refractivity contribution in [2.24, 2.45) is 0 Å². The van der Waals surface area contributed by atoms with Crippen LogP contribution in [0.25, 0.3) is 17.1 Å². The van der Waals surface area contributed by atoms with E-state index >= 15 is 0 Å². The fourth-order valence-electron chi connectivity index (χ4n) is 2.55. The average molecular weight is 328 g/mol. The quantitative estimate of drug-likeness (QED) is 0.217. The van der Waals surface area contributed by atoms with Gasteiger partial charge in [-0.2, -0.15) is 0 Å². The molecule has 6 heteroatoms. The number of rotatable bonds is 9. The highest BCUT2D eigenvalue weighted by Gasteiger charge is 2.10. The summed E-state index contributed by atoms with van der Waals surface area (Å²) in [6.45, 7) is 8.56. The van der Waals surface area contributed by atoms with Crippen molar-refractivity contribution in [2.45, 2.75) is 26.3 Å². The first-order valence-corrected chi connectivity index (χ1v) is 8.12. The Kier molecular flexibility index (Phi) is 6.72. The number of allylic oxidation sites excluding steroid dienone is 1. The van der Waals surface area contributed by atoms with Crippen molar-refractivity contribution >= 4 is 23.0 Å². The fourth-order valence-corrected chi connectivity index (χ4v) is 2.55. The molecule has 2 rings (SSSR count). The molecule has 0 aliphatic heterocycles. The monoisotopic (exact) mass is 328 g/mol. The predicted molar refractivity (Wildman–Crippen MR) is 95.8 cm³/mol. The summed E-state index contributed by atoms with van der Waals surface area (Å²) in [5.41, 5.74) is 4.41. The average Bonchev–Trinajstić information content (AvgIpc) is 2.95. The maximum atomic E-state index is 11.1. The van der Waals surface area contributed by atoms with Crippen LogP contribution in [0.1, 0.15) is 24.7 Å². The van der Waals surface area contributed by atoms with Gasteiger partial charge in [0.25, 0.3) is 5.91 Å². The van der Waals surface area contributed by atoms with E-state index < -0.39 is 5.91 Å². The van der Waals surface area contributed by atoms with E-state index in [1.165, 1.54) is 6.08 Å². The smallest absolute Gasteiger partial charge is 0.267 e. The second kappa shape index (κ2) is 9.00. The molecule has 6 nitrogen and oxygen atoms in total. The lowest BCUT2D eigenvalue weighted by Crippen LogP contribution is -2.20. The Morgan fingerprint density at radius 2 is 2.29 bits per heavy atom. The summed E-state index contributed by atoms with van der Waals surface area (Å²) in [5.74, 6) is 0.481. The zero-order valence-electron chi connectivity index (χ0n) is 14.0. The van der Waals surface area contributed by atoms with Crippen molar-refractivity contribution in [1.82, 2.24) is 20.3 Å². The largest absolute Gasteiger partial charge is 0.327 e. The van der Waals surface area contributed by atoms with Gasteiger partial charge in [0.05, 0.1) is 11.0 Å². The maximum Gasteiger partial charge on any atom is 0.267 e. The normalized spacial score (nSPS) is 11.2. The third-order valence-electron chi connectivity index (χ3n) is 3.72. The van der Waals surface area contributed by atoms with Gasteiger partial charge in [0.2, 0.25) is 0 Å². The second-order valence-electron chi connectivity index (χ2n) is 5.42. The summed E-state index contributed by atoms with van der Waals surface area (Å²) in [5, 5.41) is 11.9. The minimum absolute atomic E-state index is 0.557. The molecule has 0 spiro atoms. The van der Waals surface area contributed by atoms with Crippen LogP contribution in [-0.2, 0) is 17.8 Å². The number of benzene rings is 1. The first kappa shape index (κ1) is 17.9. The zero-order valence-corrected chi connectivity index (χ0v) is 14.0. The fraction of sp³-hybridized carbons (Fsp3) is 0.333. The Balaban J connectivity index is 2.32. The van der Waals surface area contributed by atoms with Crippen molar-refractivity contribution in [1.29, 1.82) is 0 Å². The van der Waals surface area contributed by atoms with Crippen molar-refractivity contribution in [3.63, 3.8) is 0 Å². The zero-order chi connectivity index (χ0) is 17.4. The third kappa shape index (κ3) is 4.53. The van der Waals surface area contributed by atoms with E-state index in [4.69, 9.17) is 10.2 Å². The molecule has 128 valence electrons. The Morgan fingerprint density at radius 3 is 3.00 bits per heavy atom. The minimum Gasteiger partial charge on any atom is -0.327 e. The number of imidazole rings is 1. The van der Waals surface area contributed by atoms with Crippen molar-refractivity contribution < 1.29 is 10.0 Å². The number of hydroxylamine groups is 1. The van der Waals surface area contributed by atoms with Crippen LogP contribution in [-0.4, -0.2) is 33.8 Å². The van der Waals surface area contributed by atoms with Crippen LogP contribution in [0, 0.1) is 0 Å². The number of hydrogen-bond acceptors (Lipinski definition) is 4. The molecule has 0 fully saturated rings. The van der Waals surface area contributed by atoms with Gasteiger partial charge >= 0.3 is 0 Å². The summed E-state index contributed by atoms with van der Waals surface area (Å²) in [4.78, 5) is 15.8. The number of hydrogen-bond donors (Lipinski definition) is 3. The maximum absolute atomic E-state index is 11.1. The van der Waals surface area contributed by atoms with E-state index in [1.54, 1.807) is 11.6 Å². The summed E-state index contributed by atoms with van der Waals surface area (Å²) in [6, 6.07) is 5.89. The summed E-state index contributed by atoms with van der Waals surface area (Å²) < 4.78 is 2.23. The van der Waals surface area contributed by atoms with Crippen LogP contribution in [0.15, 0.2) is 36.9 Å². The van der Waals surface area contributed by atoms with Gasteiger partial charge in [0.1, 0.15) is 5.82 Å². The lowest BCUT2D eigenvalue weighted by Gasteiger charge is -2.09. The van der Waals surface area contributed by atoms with Crippen LogP contribution >= 0.6 is 0 Å². The van der Waals surface area contributed by atoms with Gasteiger partial charge in [-0.25, -0.2) is 10.5 Å². The highest BCUT2D eigenvalue weighted by molar-refractivity contribution is 5.91. The van der Waals surface area contributed by atoms with Crippen molar-refractivity contribution in [2.75, 3.05) is 13.1 Å². The Hall–Kier alpha value is -2.44. The Labute approximate surface area is 141 Å². The molecule has 0 saturated heterocycles. The van der Waals surface area contributed by atoms with Crippen LogP contribution in [0.2, 0.25) is 0 Å². The number of carbonyl (C=O) groups excluding carboxylic acids is 1. The van der Waals surface area contributed by atoms with Gasteiger partial charge in [-0.1, -0.05) is 19.1 Å². The molecule has 0 aliphatic rings. The molecule has 2 aromatic rings. The molecule has 0 atom stereocenters. The summed E-state index contributed by atoms with van der Waals surface area (Å²) >= 11 is 0. The van der Waals surface area contributed by atoms with Crippen molar-refractivity contribution in [3.05, 3.63) is 48.3 Å². The standard InChI is InChI=1S/C18H24N4O2/c1-3-5-6-17-20-15-13-14(8-10-18(23)21-24)7-9-16(15)22(17)12-11-19-4-2/h3,7-10,13,19,24H,1,4-6,11-12H2,2H3,(H,21,23)/b10-8+. The number of nitrogens with zero attached hydrogens (tertiary/aromatic N) is 2. The number of nitrogens with one attached hydrogen (secondary N) is 2. The molecule has 1 heterocycles. The number of fused-ring (bicyclic) bond motifs is 1. The molecule has 24 heavy (non-hydrogen) atoms. The molecule has 1 amide bonds. The number of aromatic nitrogens is 2. The third-order valence-corrected chi connectivity index (χ3v) is 3.72. The molecule has 0 bridgehead atoms. The molecule has 0 radical (unpaired) electrons. The van der Waals surface area contributed by atoms with E-state index in [9.17, 15) is 4.79 Å². The highest BCUT2D eigenvalue weighted by atomic mass is 16.5. The SMILES string of the molecule is C=CCCc1nc2cc(/C=C/C(=O)NO)ccc2n1CCNCC. The number of amides is 1. The molecule has 0 unspecified atom stereocenters. The lowest BCUT2D eigenvalue weighted by atomic mass is 10.2. The summed E-state index contributed by atoms with van der Waals surface area (Å²) in [6.07, 6.45) is 6.56. The van der Waals surface area contributed by atoms with Crippen LogP contribution in [0.4, 0.5) is 0 Å². The Morgan fingerprint density at radius 1 is 1.46 bits per heavy atom. The first-order chi connectivity index (χ1) is 11.7. The number of aryl methyl sites for hydroxylation is 1. The van der Waals surface area contributed by atoms with Crippen LogP contribution in [0.3, 0.4) is 0 Å². The molecule has 0 saturated carbocycles. The first-order valence-electron chi connectivity index (χ1n) is 8.12. The molecular formula is C18H24N4O2. The highest BCUT2D eigenvalue weighted by Crippen LogP contribution is 2.20. The van der Waals surface area contributed by atoms with Gasteiger partial charge in [-0.15, -0.1) is 6.58 Å². The van der Waals surface area contributed by atoms with E-state index in [0.29, 0.717) is 0 Å². The molecule has 1 aromatic carbocycles. The van der Waals surface area contributed by atoms with E-state index in [2.05, 4.69) is 23.4 Å². The summed E-state index contributed by atoms with van der Waals surface area (Å²) in [7, 11) is 0. The van der Waals surface area contributed by atoms with Gasteiger partial charge in [-0.05, 0) is 36.7 Å². The van der Waals surface area contributed by atoms with Gasteiger partial charge in [-0.3, -0.25) is 10.0 Å². The minimum atomic E-state index is -0.557. The molecule has 3 N–H and O–H groups in total. The number of carbonyl (C=O) groups is 1. The van der Waals surface area contributed by atoms with Crippen LogP contribution < -0.4 is 10.8 Å². The van der Waals surface area contributed by atoms with Gasteiger partial charge in [0, 0.05) is 25.6 Å². The van der Waals surface area contributed by atoms with Gasteiger partial charge in [0.15, 0.2) is 0 Å². The Bertz CT molecular complexity index is 734. The predicted octanol–water partition coefficient (Wildman–Crippen LogP) is 2.28.